The zero-order valence-electron chi connectivity index (χ0n) is 8.83. The van der Waals surface area contributed by atoms with Gasteiger partial charge in [-0.3, -0.25) is 4.79 Å². The molecule has 1 fully saturated rings. The van der Waals surface area contributed by atoms with Crippen LogP contribution >= 0.6 is 38.5 Å². The highest BCUT2D eigenvalue weighted by Gasteiger charge is 2.21. The van der Waals surface area contributed by atoms with Crippen molar-refractivity contribution in [2.24, 2.45) is 0 Å². The van der Waals surface area contributed by atoms with Crippen LogP contribution in [0.3, 0.4) is 0 Å². The van der Waals surface area contributed by atoms with Crippen LogP contribution in [-0.4, -0.2) is 28.7 Å². The molecule has 0 bridgehead atoms. The lowest BCUT2D eigenvalue weighted by Gasteiger charge is -2.29. The zero-order valence-corrected chi connectivity index (χ0v) is 12.6. The Morgan fingerprint density at radius 3 is 2.38 bits per heavy atom. The molecule has 0 spiro atoms. The lowest BCUT2D eigenvalue weighted by Crippen LogP contribution is -2.38. The third-order valence-electron chi connectivity index (χ3n) is 2.80. The number of halogens is 2. The van der Waals surface area contributed by atoms with Gasteiger partial charge in [0.1, 0.15) is 0 Å². The van der Waals surface area contributed by atoms with E-state index in [0.29, 0.717) is 4.83 Å². The van der Waals surface area contributed by atoms with Crippen LogP contribution in [0.25, 0.3) is 0 Å². The number of piperidine rings is 1. The quantitative estimate of drug-likeness (QED) is 0.529. The van der Waals surface area contributed by atoms with Crippen LogP contribution in [0.5, 0.6) is 0 Å². The number of nitrogens with zero attached hydrogens (tertiary/aromatic N) is 1. The molecular weight excluding hydrogens is 381 g/mol. The van der Waals surface area contributed by atoms with Gasteiger partial charge in [-0.05, 0) is 59.7 Å². The Labute approximate surface area is 118 Å². The van der Waals surface area contributed by atoms with Crippen LogP contribution in [0, 0.1) is 3.57 Å². The van der Waals surface area contributed by atoms with Gasteiger partial charge in [0.05, 0.1) is 0 Å². The number of alkyl halides is 1. The summed E-state index contributed by atoms with van der Waals surface area (Å²) in [6.45, 7) is 1.72. The van der Waals surface area contributed by atoms with Gasteiger partial charge in [0.2, 0.25) is 0 Å². The molecule has 0 N–H and O–H groups in total. The molecule has 1 amide bonds. The number of likely N-dealkylation sites (tertiary alicyclic amines) is 1. The fourth-order valence-electron chi connectivity index (χ4n) is 1.83. The molecule has 0 radical (unpaired) electrons. The van der Waals surface area contributed by atoms with Gasteiger partial charge in [0, 0.05) is 27.1 Å². The van der Waals surface area contributed by atoms with Crippen LogP contribution in [0.15, 0.2) is 24.3 Å². The van der Waals surface area contributed by atoms with Gasteiger partial charge in [-0.15, -0.1) is 0 Å². The van der Waals surface area contributed by atoms with Crippen LogP contribution in [-0.2, 0) is 0 Å². The molecule has 16 heavy (non-hydrogen) atoms. The SMILES string of the molecule is O=C(c1ccc(I)cc1)N1CCC(Br)CC1. The number of amides is 1. The van der Waals surface area contributed by atoms with E-state index in [1.54, 1.807) is 0 Å². The molecule has 1 aliphatic heterocycles. The third-order valence-corrected chi connectivity index (χ3v) is 4.44. The molecule has 2 nitrogen and oxygen atoms in total. The standard InChI is InChI=1S/C12H13BrINO/c13-10-5-7-15(8-6-10)12(16)9-1-3-11(14)4-2-9/h1-4,10H,5-8H2. The van der Waals surface area contributed by atoms with Gasteiger partial charge in [-0.25, -0.2) is 0 Å². The number of carbonyl (C=O) groups excluding carboxylic acids is 1. The van der Waals surface area contributed by atoms with E-state index in [1.165, 1.54) is 0 Å². The summed E-state index contributed by atoms with van der Waals surface area (Å²) in [5.74, 6) is 0.163. The van der Waals surface area contributed by atoms with Crippen LogP contribution in [0.1, 0.15) is 23.2 Å². The predicted molar refractivity (Wildman–Crippen MR) is 77.0 cm³/mol. The molecule has 1 saturated heterocycles. The van der Waals surface area contributed by atoms with E-state index in [-0.39, 0.29) is 5.91 Å². The Morgan fingerprint density at radius 2 is 1.81 bits per heavy atom. The first-order chi connectivity index (χ1) is 7.66. The molecule has 1 aromatic rings. The summed E-state index contributed by atoms with van der Waals surface area (Å²) in [6, 6.07) is 7.77. The summed E-state index contributed by atoms with van der Waals surface area (Å²) in [7, 11) is 0. The molecule has 0 saturated carbocycles. The average molecular weight is 394 g/mol. The van der Waals surface area contributed by atoms with Crippen molar-refractivity contribution in [3.05, 3.63) is 33.4 Å². The Bertz CT molecular complexity index is 371. The predicted octanol–water partition coefficient (Wildman–Crippen LogP) is 3.29. The van der Waals surface area contributed by atoms with Crippen LogP contribution < -0.4 is 0 Å². The number of benzene rings is 1. The average Bonchev–Trinajstić information content (AvgIpc) is 2.30. The third kappa shape index (κ3) is 2.97. The zero-order chi connectivity index (χ0) is 11.5. The lowest BCUT2D eigenvalue weighted by molar-refractivity contribution is 0.0728. The summed E-state index contributed by atoms with van der Waals surface area (Å²) in [5, 5.41) is 0. The molecule has 1 aliphatic rings. The summed E-state index contributed by atoms with van der Waals surface area (Å²) in [4.78, 5) is 14.6. The molecule has 4 heteroatoms. The summed E-state index contributed by atoms with van der Waals surface area (Å²) in [6.07, 6.45) is 2.10. The first-order valence-corrected chi connectivity index (χ1v) is 7.35. The second kappa shape index (κ2) is 5.49. The molecule has 2 rings (SSSR count). The second-order valence-corrected chi connectivity index (χ2v) is 6.51. The highest BCUT2D eigenvalue weighted by Crippen LogP contribution is 2.19. The topological polar surface area (TPSA) is 20.3 Å². The van der Waals surface area contributed by atoms with E-state index in [1.807, 2.05) is 29.2 Å². The number of hydrogen-bond donors (Lipinski definition) is 0. The highest BCUT2D eigenvalue weighted by molar-refractivity contribution is 14.1. The summed E-state index contributed by atoms with van der Waals surface area (Å²) < 4.78 is 1.16. The van der Waals surface area contributed by atoms with E-state index >= 15 is 0 Å². The van der Waals surface area contributed by atoms with Crippen molar-refractivity contribution in [3.63, 3.8) is 0 Å². The van der Waals surface area contributed by atoms with E-state index in [2.05, 4.69) is 38.5 Å². The Hall–Kier alpha value is -0.100. The minimum absolute atomic E-state index is 0.163. The number of rotatable bonds is 1. The summed E-state index contributed by atoms with van der Waals surface area (Å²) >= 11 is 5.84. The molecule has 0 atom stereocenters. The molecule has 1 heterocycles. The molecular formula is C12H13BrINO. The maximum absolute atomic E-state index is 12.1. The molecule has 86 valence electrons. The monoisotopic (exact) mass is 393 g/mol. The van der Waals surface area contributed by atoms with Crippen molar-refractivity contribution in [2.75, 3.05) is 13.1 Å². The Kier molecular flexibility index (Phi) is 4.24. The molecule has 1 aromatic carbocycles. The smallest absolute Gasteiger partial charge is 0.253 e. The van der Waals surface area contributed by atoms with Crippen molar-refractivity contribution in [2.45, 2.75) is 17.7 Å². The fraction of sp³-hybridized carbons (Fsp3) is 0.417. The summed E-state index contributed by atoms with van der Waals surface area (Å²) in [5.41, 5.74) is 0.799. The van der Waals surface area contributed by atoms with Gasteiger partial charge in [0.15, 0.2) is 0 Å². The largest absolute Gasteiger partial charge is 0.339 e. The van der Waals surface area contributed by atoms with Gasteiger partial charge in [-0.1, -0.05) is 15.9 Å². The first-order valence-electron chi connectivity index (χ1n) is 5.36. The molecule has 0 aliphatic carbocycles. The maximum Gasteiger partial charge on any atom is 0.253 e. The van der Waals surface area contributed by atoms with E-state index in [4.69, 9.17) is 0 Å². The second-order valence-electron chi connectivity index (χ2n) is 3.97. The van der Waals surface area contributed by atoms with Crippen molar-refractivity contribution in [3.8, 4) is 0 Å². The van der Waals surface area contributed by atoms with Crippen molar-refractivity contribution < 1.29 is 4.79 Å². The van der Waals surface area contributed by atoms with Crippen molar-refractivity contribution in [1.82, 2.24) is 4.90 Å². The number of hydrogen-bond acceptors (Lipinski definition) is 1. The van der Waals surface area contributed by atoms with Crippen molar-refractivity contribution >= 4 is 44.4 Å². The lowest BCUT2D eigenvalue weighted by atomic mass is 10.1. The maximum atomic E-state index is 12.1. The van der Waals surface area contributed by atoms with Gasteiger partial charge < -0.3 is 4.90 Å². The van der Waals surface area contributed by atoms with E-state index in [0.717, 1.165) is 35.1 Å². The van der Waals surface area contributed by atoms with E-state index < -0.39 is 0 Å². The molecule has 0 aromatic heterocycles. The van der Waals surface area contributed by atoms with Gasteiger partial charge in [0.25, 0.3) is 5.91 Å². The highest BCUT2D eigenvalue weighted by atomic mass is 127. The normalized spacial score (nSPS) is 17.5. The van der Waals surface area contributed by atoms with Crippen LogP contribution in [0.4, 0.5) is 0 Å². The van der Waals surface area contributed by atoms with Crippen molar-refractivity contribution in [1.29, 1.82) is 0 Å². The number of carbonyl (C=O) groups is 1. The minimum Gasteiger partial charge on any atom is -0.339 e. The first kappa shape index (κ1) is 12.4. The Balaban J connectivity index is 2.05. The Morgan fingerprint density at radius 1 is 1.25 bits per heavy atom. The van der Waals surface area contributed by atoms with E-state index in [9.17, 15) is 4.79 Å². The fourth-order valence-corrected chi connectivity index (χ4v) is 2.60. The molecule has 0 unspecified atom stereocenters. The van der Waals surface area contributed by atoms with Crippen LogP contribution in [0.2, 0.25) is 0 Å². The van der Waals surface area contributed by atoms with Gasteiger partial charge >= 0.3 is 0 Å². The van der Waals surface area contributed by atoms with Gasteiger partial charge in [-0.2, -0.15) is 0 Å². The minimum atomic E-state index is 0.163.